The van der Waals surface area contributed by atoms with Crippen molar-refractivity contribution in [2.45, 2.75) is 38.9 Å². The van der Waals surface area contributed by atoms with Gasteiger partial charge >= 0.3 is 0 Å². The van der Waals surface area contributed by atoms with E-state index in [0.717, 1.165) is 29.4 Å². The molecule has 98 valence electrons. The Morgan fingerprint density at radius 3 is 2.94 bits per heavy atom. The van der Waals surface area contributed by atoms with E-state index in [0.29, 0.717) is 6.04 Å². The molecule has 0 bridgehead atoms. The van der Waals surface area contributed by atoms with Crippen LogP contribution in [-0.2, 0) is 13.0 Å². The molecule has 2 aromatic heterocycles. The number of hydrogen-bond donors (Lipinski definition) is 2. The fourth-order valence-corrected chi connectivity index (χ4v) is 2.47. The smallest absolute Gasteiger partial charge is 0.109 e. The zero-order chi connectivity index (χ0) is 13.0. The van der Waals surface area contributed by atoms with E-state index in [1.807, 2.05) is 19.1 Å². The molecule has 0 aliphatic heterocycles. The van der Waals surface area contributed by atoms with E-state index in [1.54, 1.807) is 17.6 Å². The van der Waals surface area contributed by atoms with E-state index in [1.165, 1.54) is 0 Å². The number of nitrogens with one attached hydrogen (secondary N) is 1. The molecule has 0 saturated carbocycles. The first-order chi connectivity index (χ1) is 8.65. The summed E-state index contributed by atoms with van der Waals surface area (Å²) >= 11 is 1.62. The summed E-state index contributed by atoms with van der Waals surface area (Å²) in [5.41, 5.74) is 6.84. The van der Waals surface area contributed by atoms with E-state index in [2.05, 4.69) is 22.6 Å². The van der Waals surface area contributed by atoms with Gasteiger partial charge in [0.2, 0.25) is 0 Å². The Bertz CT molecular complexity index is 464. The molecule has 0 saturated heterocycles. The van der Waals surface area contributed by atoms with Gasteiger partial charge in [0.05, 0.1) is 18.0 Å². The van der Waals surface area contributed by atoms with Crippen molar-refractivity contribution < 1.29 is 4.42 Å². The Balaban J connectivity index is 1.79. The molecule has 0 aromatic carbocycles. The summed E-state index contributed by atoms with van der Waals surface area (Å²) < 4.78 is 5.32. The maximum Gasteiger partial charge on any atom is 0.109 e. The number of furan rings is 1. The summed E-state index contributed by atoms with van der Waals surface area (Å²) in [6.45, 7) is 4.86. The molecule has 0 amide bonds. The van der Waals surface area contributed by atoms with Gasteiger partial charge in [0.25, 0.3) is 0 Å². The van der Waals surface area contributed by atoms with Gasteiger partial charge in [-0.1, -0.05) is 0 Å². The average Bonchev–Trinajstić information content (AvgIpc) is 2.96. The standard InChI is InChI=1S/C13H19N3OS/c1-9(6-12-4-3-5-17-12)15-7-11-8-18-13(16-11)10(2)14/h3-5,8-10,15H,6-7,14H2,1-2H3. The van der Waals surface area contributed by atoms with Crippen LogP contribution >= 0.6 is 11.3 Å². The van der Waals surface area contributed by atoms with Crippen LogP contribution in [0, 0.1) is 0 Å². The van der Waals surface area contributed by atoms with Gasteiger partial charge in [-0.25, -0.2) is 4.98 Å². The monoisotopic (exact) mass is 265 g/mol. The third kappa shape index (κ3) is 3.66. The molecule has 2 heterocycles. The minimum atomic E-state index is 0.0179. The van der Waals surface area contributed by atoms with Gasteiger partial charge in [-0.15, -0.1) is 11.3 Å². The number of aromatic nitrogens is 1. The molecule has 0 spiro atoms. The number of rotatable bonds is 6. The van der Waals surface area contributed by atoms with Crippen LogP contribution in [0.2, 0.25) is 0 Å². The minimum absolute atomic E-state index is 0.0179. The van der Waals surface area contributed by atoms with Crippen molar-refractivity contribution in [1.29, 1.82) is 0 Å². The summed E-state index contributed by atoms with van der Waals surface area (Å²) in [7, 11) is 0. The molecular weight excluding hydrogens is 246 g/mol. The highest BCUT2D eigenvalue weighted by Gasteiger charge is 2.08. The van der Waals surface area contributed by atoms with Crippen LogP contribution in [0.4, 0.5) is 0 Å². The Morgan fingerprint density at radius 1 is 1.50 bits per heavy atom. The van der Waals surface area contributed by atoms with E-state index in [4.69, 9.17) is 10.2 Å². The molecule has 0 aliphatic carbocycles. The zero-order valence-electron chi connectivity index (χ0n) is 10.7. The molecule has 2 rings (SSSR count). The summed E-state index contributed by atoms with van der Waals surface area (Å²) in [6.07, 6.45) is 2.59. The van der Waals surface area contributed by atoms with Crippen LogP contribution in [0.25, 0.3) is 0 Å². The van der Waals surface area contributed by atoms with Gasteiger partial charge in [0.1, 0.15) is 10.8 Å². The zero-order valence-corrected chi connectivity index (χ0v) is 11.5. The molecule has 0 fully saturated rings. The van der Waals surface area contributed by atoms with Gasteiger partial charge in [-0.3, -0.25) is 0 Å². The van der Waals surface area contributed by atoms with Crippen molar-refractivity contribution in [3.63, 3.8) is 0 Å². The molecule has 18 heavy (non-hydrogen) atoms. The van der Waals surface area contributed by atoms with Crippen LogP contribution in [0.5, 0.6) is 0 Å². The average molecular weight is 265 g/mol. The van der Waals surface area contributed by atoms with Gasteiger partial charge in [-0.2, -0.15) is 0 Å². The second kappa shape index (κ2) is 6.13. The molecule has 0 radical (unpaired) electrons. The lowest BCUT2D eigenvalue weighted by molar-refractivity contribution is 0.455. The maximum absolute atomic E-state index is 5.79. The predicted octanol–water partition coefficient (Wildman–Crippen LogP) is 2.48. The number of thiazole rings is 1. The lowest BCUT2D eigenvalue weighted by Gasteiger charge is -2.10. The largest absolute Gasteiger partial charge is 0.469 e. The predicted molar refractivity (Wildman–Crippen MR) is 73.4 cm³/mol. The van der Waals surface area contributed by atoms with Crippen molar-refractivity contribution in [2.75, 3.05) is 0 Å². The lowest BCUT2D eigenvalue weighted by Crippen LogP contribution is -2.27. The minimum Gasteiger partial charge on any atom is -0.469 e. The second-order valence-corrected chi connectivity index (χ2v) is 5.42. The fraction of sp³-hybridized carbons (Fsp3) is 0.462. The highest BCUT2D eigenvalue weighted by atomic mass is 32.1. The first-order valence-corrected chi connectivity index (χ1v) is 6.98. The number of nitrogens with zero attached hydrogens (tertiary/aromatic N) is 1. The maximum atomic E-state index is 5.79. The Kier molecular flexibility index (Phi) is 4.52. The molecule has 3 N–H and O–H groups in total. The first kappa shape index (κ1) is 13.3. The summed E-state index contributed by atoms with van der Waals surface area (Å²) in [5, 5.41) is 6.48. The van der Waals surface area contributed by atoms with Crippen molar-refractivity contribution in [3.8, 4) is 0 Å². The molecule has 2 unspecified atom stereocenters. The van der Waals surface area contributed by atoms with Crippen molar-refractivity contribution in [3.05, 3.63) is 40.2 Å². The fourth-order valence-electron chi connectivity index (χ4n) is 1.69. The van der Waals surface area contributed by atoms with Crippen molar-refractivity contribution in [1.82, 2.24) is 10.3 Å². The summed E-state index contributed by atoms with van der Waals surface area (Å²) in [6, 6.07) is 4.29. The van der Waals surface area contributed by atoms with Crippen LogP contribution in [0.3, 0.4) is 0 Å². The molecule has 2 aromatic rings. The molecule has 4 nitrogen and oxygen atoms in total. The summed E-state index contributed by atoms with van der Waals surface area (Å²) in [4.78, 5) is 4.49. The SMILES string of the molecule is CC(Cc1ccco1)NCc1csc(C(C)N)n1. The van der Waals surface area contributed by atoms with Gasteiger partial charge in [-0.05, 0) is 26.0 Å². The summed E-state index contributed by atoms with van der Waals surface area (Å²) in [5.74, 6) is 1.00. The Morgan fingerprint density at radius 2 is 2.33 bits per heavy atom. The van der Waals surface area contributed by atoms with Crippen LogP contribution < -0.4 is 11.1 Å². The molecule has 2 atom stereocenters. The number of nitrogens with two attached hydrogens (primary N) is 1. The van der Waals surface area contributed by atoms with Crippen molar-refractivity contribution >= 4 is 11.3 Å². The lowest BCUT2D eigenvalue weighted by atomic mass is 10.2. The van der Waals surface area contributed by atoms with Gasteiger partial charge < -0.3 is 15.5 Å². The topological polar surface area (TPSA) is 64.1 Å². The van der Waals surface area contributed by atoms with E-state index in [9.17, 15) is 0 Å². The molecule has 0 aliphatic rings. The van der Waals surface area contributed by atoms with Gasteiger partial charge in [0.15, 0.2) is 0 Å². The highest BCUT2D eigenvalue weighted by Crippen LogP contribution is 2.15. The highest BCUT2D eigenvalue weighted by molar-refractivity contribution is 7.09. The van der Waals surface area contributed by atoms with E-state index in [-0.39, 0.29) is 6.04 Å². The first-order valence-electron chi connectivity index (χ1n) is 6.11. The van der Waals surface area contributed by atoms with E-state index >= 15 is 0 Å². The quantitative estimate of drug-likeness (QED) is 0.842. The van der Waals surface area contributed by atoms with Crippen LogP contribution in [0.15, 0.2) is 28.2 Å². The molecule has 5 heteroatoms. The van der Waals surface area contributed by atoms with Crippen LogP contribution in [0.1, 0.15) is 36.4 Å². The Labute approximate surface area is 111 Å². The normalized spacial score (nSPS) is 14.6. The van der Waals surface area contributed by atoms with Crippen LogP contribution in [-0.4, -0.2) is 11.0 Å². The molecular formula is C13H19N3OS. The van der Waals surface area contributed by atoms with Crippen molar-refractivity contribution in [2.24, 2.45) is 5.73 Å². The second-order valence-electron chi connectivity index (χ2n) is 4.53. The Hall–Kier alpha value is -1.17. The number of hydrogen-bond acceptors (Lipinski definition) is 5. The third-order valence-corrected chi connectivity index (χ3v) is 3.77. The van der Waals surface area contributed by atoms with E-state index < -0.39 is 0 Å². The van der Waals surface area contributed by atoms with Gasteiger partial charge in [0, 0.05) is 24.4 Å². The third-order valence-electron chi connectivity index (χ3n) is 2.68.